The number of urea groups is 1. The van der Waals surface area contributed by atoms with Crippen molar-refractivity contribution >= 4 is 28.4 Å². The maximum atomic E-state index is 11.8. The Kier molecular flexibility index (Phi) is 5.47. The second-order valence-electron chi connectivity index (χ2n) is 4.67. The Labute approximate surface area is 137 Å². The van der Waals surface area contributed by atoms with E-state index in [2.05, 4.69) is 25.9 Å². The van der Waals surface area contributed by atoms with E-state index in [1.165, 1.54) is 29.7 Å². The van der Waals surface area contributed by atoms with Gasteiger partial charge in [-0.1, -0.05) is 0 Å². The van der Waals surface area contributed by atoms with Crippen molar-refractivity contribution < 1.29 is 14.7 Å². The number of rotatable bonds is 5. The molecule has 0 fully saturated rings. The smallest absolute Gasteiger partial charge is 0.321 e. The maximum Gasteiger partial charge on any atom is 0.321 e. The van der Waals surface area contributed by atoms with Crippen LogP contribution < -0.4 is 16.0 Å². The number of hydrogen-bond donors (Lipinski definition) is 4. The molecule has 0 aliphatic heterocycles. The van der Waals surface area contributed by atoms with Crippen molar-refractivity contribution in [3.8, 4) is 5.75 Å². The summed E-state index contributed by atoms with van der Waals surface area (Å²) in [5, 5.41) is 17.8. The van der Waals surface area contributed by atoms with Crippen LogP contribution >= 0.6 is 11.3 Å². The lowest BCUT2D eigenvalue weighted by Crippen LogP contribution is -2.37. The molecule has 0 aliphatic rings. The van der Waals surface area contributed by atoms with Crippen LogP contribution in [0.1, 0.15) is 21.1 Å². The Morgan fingerprint density at radius 3 is 2.65 bits per heavy atom. The van der Waals surface area contributed by atoms with Crippen molar-refractivity contribution in [3.63, 3.8) is 0 Å². The predicted molar refractivity (Wildman–Crippen MR) is 86.8 cm³/mol. The second-order valence-corrected chi connectivity index (χ2v) is 5.87. The van der Waals surface area contributed by atoms with Crippen molar-refractivity contribution in [2.75, 3.05) is 18.4 Å². The number of thiazole rings is 1. The molecule has 0 saturated heterocycles. The number of aromatic nitrogens is 2. The standard InChI is InChI=1S/C14H17N5O3S/c1-8-9(2)23-14(18-8)19-13(22)17-7-6-16-12(21)11-10(20)4-3-5-15-11/h3-5,20H,6-7H2,1-2H3,(H,16,21)(H2,17,18,19,22). The SMILES string of the molecule is Cc1nc(NC(=O)NCCNC(=O)c2ncccc2O)sc1C. The summed E-state index contributed by atoms with van der Waals surface area (Å²) in [5.41, 5.74) is 0.832. The van der Waals surface area contributed by atoms with Gasteiger partial charge in [0, 0.05) is 24.2 Å². The number of aryl methyl sites for hydroxylation is 2. The fourth-order valence-electron chi connectivity index (χ4n) is 1.68. The molecule has 23 heavy (non-hydrogen) atoms. The number of hydrogen-bond acceptors (Lipinski definition) is 6. The highest BCUT2D eigenvalue weighted by Gasteiger charge is 2.11. The zero-order valence-electron chi connectivity index (χ0n) is 12.7. The number of anilines is 1. The first-order valence-corrected chi connectivity index (χ1v) is 7.70. The van der Waals surface area contributed by atoms with Gasteiger partial charge >= 0.3 is 6.03 Å². The van der Waals surface area contributed by atoms with Gasteiger partial charge in [0.1, 0.15) is 5.75 Å². The monoisotopic (exact) mass is 335 g/mol. The molecule has 122 valence electrons. The molecule has 0 bridgehead atoms. The molecule has 9 heteroatoms. The van der Waals surface area contributed by atoms with E-state index < -0.39 is 11.9 Å². The molecule has 0 radical (unpaired) electrons. The fourth-order valence-corrected chi connectivity index (χ4v) is 2.48. The van der Waals surface area contributed by atoms with E-state index in [4.69, 9.17) is 0 Å². The highest BCUT2D eigenvalue weighted by atomic mass is 32.1. The summed E-state index contributed by atoms with van der Waals surface area (Å²) in [7, 11) is 0. The van der Waals surface area contributed by atoms with E-state index in [0.29, 0.717) is 5.13 Å². The molecule has 0 spiro atoms. The predicted octanol–water partition coefficient (Wildman–Crippen LogP) is 1.41. The Morgan fingerprint density at radius 2 is 2.00 bits per heavy atom. The third kappa shape index (κ3) is 4.65. The minimum Gasteiger partial charge on any atom is -0.505 e. The molecule has 4 N–H and O–H groups in total. The minimum absolute atomic E-state index is 0.0503. The maximum absolute atomic E-state index is 11.8. The Hall–Kier alpha value is -2.68. The zero-order valence-corrected chi connectivity index (χ0v) is 13.5. The molecular formula is C14H17N5O3S. The van der Waals surface area contributed by atoms with Crippen LogP contribution in [-0.4, -0.2) is 40.1 Å². The molecule has 8 nitrogen and oxygen atoms in total. The van der Waals surface area contributed by atoms with E-state index >= 15 is 0 Å². The van der Waals surface area contributed by atoms with Crippen LogP contribution in [0.5, 0.6) is 5.75 Å². The normalized spacial score (nSPS) is 10.2. The first kappa shape index (κ1) is 16.7. The van der Waals surface area contributed by atoms with Gasteiger partial charge in [-0.25, -0.2) is 14.8 Å². The Balaban J connectivity index is 1.72. The Bertz CT molecular complexity index is 697. The number of nitrogens with one attached hydrogen (secondary N) is 3. The average molecular weight is 335 g/mol. The van der Waals surface area contributed by atoms with Crippen molar-refractivity contribution in [2.45, 2.75) is 13.8 Å². The van der Waals surface area contributed by atoms with Gasteiger partial charge in [0.25, 0.3) is 5.91 Å². The van der Waals surface area contributed by atoms with Crippen LogP contribution in [0.15, 0.2) is 18.3 Å². The van der Waals surface area contributed by atoms with E-state index in [1.807, 2.05) is 13.8 Å². The summed E-state index contributed by atoms with van der Waals surface area (Å²) in [6.45, 7) is 4.24. The molecule has 0 atom stereocenters. The first-order valence-electron chi connectivity index (χ1n) is 6.88. The summed E-state index contributed by atoms with van der Waals surface area (Å²) >= 11 is 1.40. The lowest BCUT2D eigenvalue weighted by molar-refractivity contribution is 0.0946. The highest BCUT2D eigenvalue weighted by molar-refractivity contribution is 7.15. The molecule has 0 aromatic carbocycles. The van der Waals surface area contributed by atoms with Gasteiger partial charge in [-0.15, -0.1) is 11.3 Å². The van der Waals surface area contributed by atoms with Crippen LogP contribution in [0.2, 0.25) is 0 Å². The Morgan fingerprint density at radius 1 is 1.26 bits per heavy atom. The van der Waals surface area contributed by atoms with E-state index in [-0.39, 0.29) is 24.5 Å². The number of nitrogens with zero attached hydrogens (tertiary/aromatic N) is 2. The molecule has 2 aromatic rings. The molecule has 0 aliphatic carbocycles. The second kappa shape index (κ2) is 7.54. The summed E-state index contributed by atoms with van der Waals surface area (Å²) in [6, 6.07) is 2.51. The lowest BCUT2D eigenvalue weighted by atomic mass is 10.3. The van der Waals surface area contributed by atoms with Crippen molar-refractivity contribution in [3.05, 3.63) is 34.6 Å². The number of carbonyl (C=O) groups is 2. The van der Waals surface area contributed by atoms with Gasteiger partial charge < -0.3 is 15.7 Å². The molecule has 2 rings (SSSR count). The first-order chi connectivity index (χ1) is 11.0. The fraction of sp³-hybridized carbons (Fsp3) is 0.286. The van der Waals surface area contributed by atoms with Gasteiger partial charge in [-0.2, -0.15) is 0 Å². The highest BCUT2D eigenvalue weighted by Crippen LogP contribution is 2.20. The molecular weight excluding hydrogens is 318 g/mol. The molecule has 2 heterocycles. The van der Waals surface area contributed by atoms with Gasteiger partial charge in [0.05, 0.1) is 5.69 Å². The molecule has 0 unspecified atom stereocenters. The van der Waals surface area contributed by atoms with Crippen LogP contribution in [0.3, 0.4) is 0 Å². The third-order valence-electron chi connectivity index (χ3n) is 2.95. The number of amides is 3. The van der Waals surface area contributed by atoms with Crippen molar-refractivity contribution in [2.24, 2.45) is 0 Å². The number of aromatic hydroxyl groups is 1. The zero-order chi connectivity index (χ0) is 16.8. The van der Waals surface area contributed by atoms with Crippen LogP contribution in [-0.2, 0) is 0 Å². The van der Waals surface area contributed by atoms with Crippen LogP contribution in [0, 0.1) is 13.8 Å². The average Bonchev–Trinajstić information content (AvgIpc) is 2.82. The molecule has 2 aromatic heterocycles. The van der Waals surface area contributed by atoms with E-state index in [9.17, 15) is 14.7 Å². The summed E-state index contributed by atoms with van der Waals surface area (Å²) < 4.78 is 0. The van der Waals surface area contributed by atoms with Crippen molar-refractivity contribution in [1.29, 1.82) is 0 Å². The summed E-state index contributed by atoms with van der Waals surface area (Å²) in [6.07, 6.45) is 1.42. The molecule has 0 saturated carbocycles. The lowest BCUT2D eigenvalue weighted by Gasteiger charge is -2.07. The van der Waals surface area contributed by atoms with Gasteiger partial charge in [-0.3, -0.25) is 10.1 Å². The van der Waals surface area contributed by atoms with Gasteiger partial charge in [0.2, 0.25) is 0 Å². The van der Waals surface area contributed by atoms with Gasteiger partial charge in [-0.05, 0) is 26.0 Å². The quantitative estimate of drug-likeness (QED) is 0.617. The number of pyridine rings is 1. The van der Waals surface area contributed by atoms with E-state index in [1.54, 1.807) is 0 Å². The van der Waals surface area contributed by atoms with Crippen LogP contribution in [0.4, 0.5) is 9.93 Å². The minimum atomic E-state index is -0.503. The molecule has 3 amide bonds. The summed E-state index contributed by atoms with van der Waals surface area (Å²) in [5.74, 6) is -0.693. The largest absolute Gasteiger partial charge is 0.505 e. The topological polar surface area (TPSA) is 116 Å². The van der Waals surface area contributed by atoms with Crippen molar-refractivity contribution in [1.82, 2.24) is 20.6 Å². The van der Waals surface area contributed by atoms with Gasteiger partial charge in [0.15, 0.2) is 10.8 Å². The third-order valence-corrected chi connectivity index (χ3v) is 3.93. The summed E-state index contributed by atoms with van der Waals surface area (Å²) in [4.78, 5) is 32.5. The van der Waals surface area contributed by atoms with E-state index in [0.717, 1.165) is 10.6 Å². The number of carbonyl (C=O) groups excluding carboxylic acids is 2. The van der Waals surface area contributed by atoms with Crippen LogP contribution in [0.25, 0.3) is 0 Å².